The SMILES string of the molecule is CCOC1CC1C(=O)N1CC(OC)CC1CC(=O)O. The number of ether oxygens (including phenoxy) is 2. The Morgan fingerprint density at radius 3 is 2.68 bits per heavy atom. The number of carbonyl (C=O) groups excluding carboxylic acids is 1. The summed E-state index contributed by atoms with van der Waals surface area (Å²) in [5.74, 6) is -0.951. The average Bonchev–Trinajstić information content (AvgIpc) is 3.00. The summed E-state index contributed by atoms with van der Waals surface area (Å²) in [7, 11) is 1.59. The van der Waals surface area contributed by atoms with Gasteiger partial charge >= 0.3 is 5.97 Å². The molecule has 1 aliphatic heterocycles. The van der Waals surface area contributed by atoms with Crippen LogP contribution in [0.1, 0.15) is 26.2 Å². The number of aliphatic carboxylic acids is 1. The van der Waals surface area contributed by atoms with Crippen molar-refractivity contribution in [3.63, 3.8) is 0 Å². The van der Waals surface area contributed by atoms with Crippen LogP contribution in [0.4, 0.5) is 0 Å². The number of hydrogen-bond donors (Lipinski definition) is 1. The summed E-state index contributed by atoms with van der Waals surface area (Å²) in [4.78, 5) is 24.9. The number of carboxylic acids is 1. The van der Waals surface area contributed by atoms with Gasteiger partial charge in [-0.3, -0.25) is 9.59 Å². The van der Waals surface area contributed by atoms with Crippen molar-refractivity contribution >= 4 is 11.9 Å². The molecule has 2 rings (SSSR count). The first-order valence-corrected chi connectivity index (χ1v) is 6.73. The molecule has 2 aliphatic rings. The van der Waals surface area contributed by atoms with Crippen LogP contribution in [0.15, 0.2) is 0 Å². The van der Waals surface area contributed by atoms with Crippen molar-refractivity contribution in [2.75, 3.05) is 20.3 Å². The molecule has 4 unspecified atom stereocenters. The summed E-state index contributed by atoms with van der Waals surface area (Å²) in [6.07, 6.45) is 1.29. The number of likely N-dealkylation sites (tertiary alicyclic amines) is 1. The molecule has 108 valence electrons. The summed E-state index contributed by atoms with van der Waals surface area (Å²) in [6, 6.07) is -0.252. The Labute approximate surface area is 112 Å². The third-order valence-corrected chi connectivity index (χ3v) is 3.83. The maximum atomic E-state index is 12.3. The first-order valence-electron chi connectivity index (χ1n) is 6.73. The first kappa shape index (κ1) is 14.3. The van der Waals surface area contributed by atoms with Gasteiger partial charge in [-0.1, -0.05) is 0 Å². The molecule has 4 atom stereocenters. The van der Waals surface area contributed by atoms with E-state index < -0.39 is 5.97 Å². The summed E-state index contributed by atoms with van der Waals surface area (Å²) >= 11 is 0. The zero-order chi connectivity index (χ0) is 14.0. The monoisotopic (exact) mass is 271 g/mol. The molecular weight excluding hydrogens is 250 g/mol. The predicted octanol–water partition coefficient (Wildman–Crippen LogP) is 0.502. The van der Waals surface area contributed by atoms with E-state index in [2.05, 4.69) is 0 Å². The van der Waals surface area contributed by atoms with Crippen molar-refractivity contribution in [2.45, 2.75) is 44.4 Å². The third kappa shape index (κ3) is 3.25. The van der Waals surface area contributed by atoms with Crippen LogP contribution in [-0.4, -0.2) is 60.4 Å². The van der Waals surface area contributed by atoms with Crippen LogP contribution in [0.5, 0.6) is 0 Å². The number of rotatable bonds is 6. The average molecular weight is 271 g/mol. The Morgan fingerprint density at radius 1 is 1.37 bits per heavy atom. The highest BCUT2D eigenvalue weighted by Gasteiger charge is 2.49. The van der Waals surface area contributed by atoms with E-state index in [1.165, 1.54) is 0 Å². The lowest BCUT2D eigenvalue weighted by Gasteiger charge is -2.23. The fourth-order valence-electron chi connectivity index (χ4n) is 2.75. The molecule has 1 N–H and O–H groups in total. The van der Waals surface area contributed by atoms with E-state index in [1.54, 1.807) is 12.0 Å². The van der Waals surface area contributed by atoms with Gasteiger partial charge in [-0.2, -0.15) is 0 Å². The van der Waals surface area contributed by atoms with Crippen molar-refractivity contribution in [1.29, 1.82) is 0 Å². The number of amides is 1. The molecular formula is C13H21NO5. The Hall–Kier alpha value is -1.14. The molecule has 0 bridgehead atoms. The van der Waals surface area contributed by atoms with Gasteiger partial charge in [0.2, 0.25) is 5.91 Å². The molecule has 0 aromatic carbocycles. The largest absolute Gasteiger partial charge is 0.481 e. The highest BCUT2D eigenvalue weighted by atomic mass is 16.5. The quantitative estimate of drug-likeness (QED) is 0.761. The normalized spacial score (nSPS) is 33.5. The Balaban J connectivity index is 1.96. The highest BCUT2D eigenvalue weighted by molar-refractivity contribution is 5.83. The van der Waals surface area contributed by atoms with E-state index in [-0.39, 0.29) is 36.5 Å². The predicted molar refractivity (Wildman–Crippen MR) is 66.7 cm³/mol. The minimum Gasteiger partial charge on any atom is -0.481 e. The first-order chi connectivity index (χ1) is 9.06. The lowest BCUT2D eigenvalue weighted by atomic mass is 10.1. The van der Waals surface area contributed by atoms with Crippen LogP contribution in [0, 0.1) is 5.92 Å². The van der Waals surface area contributed by atoms with Gasteiger partial charge in [0, 0.05) is 26.3 Å². The maximum absolute atomic E-state index is 12.3. The zero-order valence-corrected chi connectivity index (χ0v) is 11.4. The van der Waals surface area contributed by atoms with Crippen molar-refractivity contribution in [3.05, 3.63) is 0 Å². The molecule has 1 heterocycles. The summed E-state index contributed by atoms with van der Waals surface area (Å²) < 4.78 is 10.7. The van der Waals surface area contributed by atoms with Gasteiger partial charge in [0.1, 0.15) is 0 Å². The molecule has 0 aromatic rings. The van der Waals surface area contributed by atoms with Gasteiger partial charge in [-0.25, -0.2) is 0 Å². The van der Waals surface area contributed by atoms with Crippen LogP contribution in [0.2, 0.25) is 0 Å². The topological polar surface area (TPSA) is 76.1 Å². The van der Waals surface area contributed by atoms with Crippen LogP contribution >= 0.6 is 0 Å². The van der Waals surface area contributed by atoms with Gasteiger partial charge in [0.15, 0.2) is 0 Å². The minimum atomic E-state index is -0.878. The number of carbonyl (C=O) groups is 2. The second kappa shape index (κ2) is 5.88. The lowest BCUT2D eigenvalue weighted by molar-refractivity contribution is -0.140. The highest BCUT2D eigenvalue weighted by Crippen LogP contribution is 2.37. The molecule has 19 heavy (non-hydrogen) atoms. The second-order valence-electron chi connectivity index (χ2n) is 5.17. The molecule has 6 nitrogen and oxygen atoms in total. The van der Waals surface area contributed by atoms with E-state index >= 15 is 0 Å². The van der Waals surface area contributed by atoms with Crippen molar-refractivity contribution < 1.29 is 24.2 Å². The Bertz CT molecular complexity index is 359. The van der Waals surface area contributed by atoms with Gasteiger partial charge in [0.05, 0.1) is 24.5 Å². The molecule has 2 fully saturated rings. The van der Waals surface area contributed by atoms with Crippen LogP contribution in [-0.2, 0) is 19.1 Å². The molecule has 0 aromatic heterocycles. The third-order valence-electron chi connectivity index (χ3n) is 3.83. The van der Waals surface area contributed by atoms with E-state index in [0.29, 0.717) is 19.6 Å². The van der Waals surface area contributed by atoms with Gasteiger partial charge < -0.3 is 19.5 Å². The standard InChI is InChI=1S/C13H21NO5/c1-3-19-11-6-10(11)13(17)14-7-9(18-2)4-8(14)5-12(15)16/h8-11H,3-7H2,1-2H3,(H,15,16). The van der Waals surface area contributed by atoms with Crippen LogP contribution < -0.4 is 0 Å². The molecule has 6 heteroatoms. The molecule has 1 amide bonds. The van der Waals surface area contributed by atoms with Crippen LogP contribution in [0.3, 0.4) is 0 Å². The summed E-state index contributed by atoms with van der Waals surface area (Å²) in [5, 5.41) is 8.92. The number of hydrogen-bond acceptors (Lipinski definition) is 4. The number of carboxylic acid groups (broad SMARTS) is 1. The number of methoxy groups -OCH3 is 1. The van der Waals surface area contributed by atoms with Crippen molar-refractivity contribution in [3.8, 4) is 0 Å². The fourth-order valence-corrected chi connectivity index (χ4v) is 2.75. The van der Waals surface area contributed by atoms with E-state index in [9.17, 15) is 9.59 Å². The molecule has 0 spiro atoms. The van der Waals surface area contributed by atoms with E-state index in [4.69, 9.17) is 14.6 Å². The maximum Gasteiger partial charge on any atom is 0.305 e. The summed E-state index contributed by atoms with van der Waals surface area (Å²) in [6.45, 7) is 3.00. The molecule has 1 saturated carbocycles. The Morgan fingerprint density at radius 2 is 2.11 bits per heavy atom. The van der Waals surface area contributed by atoms with Crippen molar-refractivity contribution in [2.24, 2.45) is 5.92 Å². The second-order valence-corrected chi connectivity index (χ2v) is 5.17. The van der Waals surface area contributed by atoms with E-state index in [0.717, 1.165) is 6.42 Å². The number of nitrogens with zero attached hydrogens (tertiary/aromatic N) is 1. The van der Waals surface area contributed by atoms with Gasteiger partial charge in [-0.05, 0) is 19.8 Å². The Kier molecular flexibility index (Phi) is 4.42. The van der Waals surface area contributed by atoms with Gasteiger partial charge in [0.25, 0.3) is 0 Å². The molecule has 1 aliphatic carbocycles. The zero-order valence-electron chi connectivity index (χ0n) is 11.4. The molecule has 1 saturated heterocycles. The van der Waals surface area contributed by atoms with E-state index in [1.807, 2.05) is 6.92 Å². The minimum absolute atomic E-state index is 0.0162. The lowest BCUT2D eigenvalue weighted by Crippen LogP contribution is -2.39. The smallest absolute Gasteiger partial charge is 0.305 e. The molecule has 0 radical (unpaired) electrons. The fraction of sp³-hybridized carbons (Fsp3) is 0.846. The van der Waals surface area contributed by atoms with Crippen LogP contribution in [0.25, 0.3) is 0 Å². The summed E-state index contributed by atoms with van der Waals surface area (Å²) in [5.41, 5.74) is 0. The van der Waals surface area contributed by atoms with Crippen molar-refractivity contribution in [1.82, 2.24) is 4.90 Å². The van der Waals surface area contributed by atoms with Gasteiger partial charge in [-0.15, -0.1) is 0 Å².